The molecule has 0 saturated carbocycles. The predicted octanol–water partition coefficient (Wildman–Crippen LogP) is 0.571. The van der Waals surface area contributed by atoms with Crippen molar-refractivity contribution in [2.75, 3.05) is 0 Å². The molecule has 1 aromatic carbocycles. The van der Waals surface area contributed by atoms with Crippen molar-refractivity contribution in [2.24, 2.45) is 0 Å². The molecule has 0 fully saturated rings. The van der Waals surface area contributed by atoms with Gasteiger partial charge >= 0.3 is 13.3 Å². The topological polar surface area (TPSA) is 58.3 Å². The highest BCUT2D eigenvalue weighted by molar-refractivity contribution is 6.58. The highest BCUT2D eigenvalue weighted by Crippen LogP contribution is 2.32. The fraction of sp³-hybridized carbons (Fsp3) is 0.100. The van der Waals surface area contributed by atoms with Crippen molar-refractivity contribution in [3.63, 3.8) is 0 Å². The fourth-order valence-corrected chi connectivity index (χ4v) is 1.55. The molecular weight excluding hydrogens is 248 g/mol. The van der Waals surface area contributed by atoms with E-state index >= 15 is 0 Å². The number of aromatic nitrogens is 2. The maximum atomic E-state index is 12.9. The Bertz CT molecular complexity index is 541. The first-order valence-corrected chi connectivity index (χ1v) is 4.97. The molecule has 0 bridgehead atoms. The van der Waals surface area contributed by atoms with Gasteiger partial charge in [-0.15, -0.1) is 0 Å². The zero-order valence-corrected chi connectivity index (χ0v) is 8.96. The van der Waals surface area contributed by atoms with E-state index in [1.165, 1.54) is 24.5 Å². The number of alkyl halides is 3. The van der Waals surface area contributed by atoms with Gasteiger partial charge in [0.15, 0.2) is 0 Å². The second-order valence-corrected chi connectivity index (χ2v) is 3.60. The summed E-state index contributed by atoms with van der Waals surface area (Å²) in [6.07, 6.45) is -1.87. The van der Waals surface area contributed by atoms with Crippen molar-refractivity contribution in [1.29, 1.82) is 0 Å². The van der Waals surface area contributed by atoms with Crippen LogP contribution in [-0.2, 0) is 6.18 Å². The molecular formula is C10H8BF3N2O2. The van der Waals surface area contributed by atoms with Crippen molar-refractivity contribution in [3.8, 4) is 5.69 Å². The van der Waals surface area contributed by atoms with E-state index in [1.807, 2.05) is 0 Å². The Morgan fingerprint density at radius 1 is 1.22 bits per heavy atom. The number of benzene rings is 1. The van der Waals surface area contributed by atoms with Crippen LogP contribution >= 0.6 is 0 Å². The molecule has 2 aromatic rings. The van der Waals surface area contributed by atoms with Gasteiger partial charge in [0, 0.05) is 12.4 Å². The highest BCUT2D eigenvalue weighted by atomic mass is 19.4. The lowest BCUT2D eigenvalue weighted by molar-refractivity contribution is -0.137. The molecule has 2 rings (SSSR count). The van der Waals surface area contributed by atoms with E-state index in [0.717, 1.165) is 10.7 Å². The minimum Gasteiger partial charge on any atom is -0.423 e. The summed E-state index contributed by atoms with van der Waals surface area (Å²) in [7, 11) is -1.95. The second kappa shape index (κ2) is 4.47. The summed E-state index contributed by atoms with van der Waals surface area (Å²) >= 11 is 0. The molecule has 94 valence electrons. The number of halogens is 3. The molecule has 0 radical (unpaired) electrons. The number of hydrogen-bond donors (Lipinski definition) is 2. The highest BCUT2D eigenvalue weighted by Gasteiger charge is 2.35. The molecule has 1 heterocycles. The van der Waals surface area contributed by atoms with Crippen LogP contribution in [0.15, 0.2) is 36.7 Å². The van der Waals surface area contributed by atoms with Gasteiger partial charge in [-0.1, -0.05) is 6.07 Å². The minimum atomic E-state index is -4.60. The van der Waals surface area contributed by atoms with Crippen LogP contribution in [0.25, 0.3) is 5.69 Å². The van der Waals surface area contributed by atoms with E-state index in [1.54, 1.807) is 0 Å². The van der Waals surface area contributed by atoms with Gasteiger partial charge in [0.25, 0.3) is 0 Å². The summed E-state index contributed by atoms with van der Waals surface area (Å²) in [6, 6.07) is 4.54. The minimum absolute atomic E-state index is 0.170. The van der Waals surface area contributed by atoms with E-state index < -0.39 is 18.9 Å². The fourth-order valence-electron chi connectivity index (χ4n) is 1.55. The third kappa shape index (κ3) is 2.39. The molecule has 0 aliphatic heterocycles. The Kier molecular flexibility index (Phi) is 3.14. The Balaban J connectivity index is 2.60. The lowest BCUT2D eigenvalue weighted by Crippen LogP contribution is -2.31. The van der Waals surface area contributed by atoms with Gasteiger partial charge in [-0.3, -0.25) is 0 Å². The first-order valence-electron chi connectivity index (χ1n) is 4.97. The summed E-state index contributed by atoms with van der Waals surface area (Å²) in [6.45, 7) is 0. The van der Waals surface area contributed by atoms with Crippen molar-refractivity contribution in [1.82, 2.24) is 9.78 Å². The number of rotatable bonds is 2. The maximum absolute atomic E-state index is 12.9. The number of nitrogens with zero attached hydrogens (tertiary/aromatic N) is 2. The molecule has 0 spiro atoms. The van der Waals surface area contributed by atoms with Crippen LogP contribution in [0, 0.1) is 0 Å². The smallest absolute Gasteiger partial charge is 0.423 e. The van der Waals surface area contributed by atoms with Crippen molar-refractivity contribution >= 4 is 12.6 Å². The van der Waals surface area contributed by atoms with Crippen molar-refractivity contribution in [2.45, 2.75) is 6.18 Å². The third-order valence-corrected chi connectivity index (χ3v) is 2.38. The largest absolute Gasteiger partial charge is 0.488 e. The summed E-state index contributed by atoms with van der Waals surface area (Å²) in [5.41, 5.74) is -1.37. The molecule has 0 saturated heterocycles. The van der Waals surface area contributed by atoms with E-state index in [-0.39, 0.29) is 11.2 Å². The summed E-state index contributed by atoms with van der Waals surface area (Å²) in [5, 5.41) is 21.5. The lowest BCUT2D eigenvalue weighted by Gasteiger charge is -2.14. The van der Waals surface area contributed by atoms with Gasteiger partial charge < -0.3 is 10.0 Å². The zero-order valence-electron chi connectivity index (χ0n) is 8.96. The monoisotopic (exact) mass is 256 g/mol. The molecule has 18 heavy (non-hydrogen) atoms. The van der Waals surface area contributed by atoms with E-state index in [0.29, 0.717) is 6.07 Å². The Morgan fingerprint density at radius 2 is 1.94 bits per heavy atom. The van der Waals surface area contributed by atoms with Crippen LogP contribution in [0.1, 0.15) is 5.56 Å². The second-order valence-electron chi connectivity index (χ2n) is 3.60. The van der Waals surface area contributed by atoms with Crippen LogP contribution in [0.3, 0.4) is 0 Å². The summed E-state index contributed by atoms with van der Waals surface area (Å²) < 4.78 is 39.7. The normalized spacial score (nSPS) is 11.6. The summed E-state index contributed by atoms with van der Waals surface area (Å²) in [5.74, 6) is 0. The molecule has 0 unspecified atom stereocenters. The molecule has 0 atom stereocenters. The predicted molar refractivity (Wildman–Crippen MR) is 58.4 cm³/mol. The molecule has 0 aliphatic carbocycles. The van der Waals surface area contributed by atoms with Gasteiger partial charge in [-0.25, -0.2) is 4.68 Å². The first kappa shape index (κ1) is 12.7. The molecule has 0 amide bonds. The summed E-state index contributed by atoms with van der Waals surface area (Å²) in [4.78, 5) is 0. The Hall–Kier alpha value is -1.80. The first-order chi connectivity index (χ1) is 8.39. The van der Waals surface area contributed by atoms with E-state index in [9.17, 15) is 13.2 Å². The standard InChI is InChI=1S/C10H8BF3N2O2/c12-10(13,14)8-6-7(11(17)18)2-3-9(8)16-5-1-4-15-16/h1-6,17-18H. The SMILES string of the molecule is OB(O)c1ccc(-n2cccn2)c(C(F)(F)F)c1. The quantitative estimate of drug-likeness (QED) is 0.772. The number of hydrogen-bond acceptors (Lipinski definition) is 3. The van der Waals surface area contributed by atoms with E-state index in [2.05, 4.69) is 5.10 Å². The molecule has 1 aromatic heterocycles. The molecule has 4 nitrogen and oxygen atoms in total. The van der Waals surface area contributed by atoms with Crippen LogP contribution in [-0.4, -0.2) is 26.9 Å². The average Bonchev–Trinajstić information content (AvgIpc) is 2.80. The average molecular weight is 256 g/mol. The van der Waals surface area contributed by atoms with Crippen LogP contribution in [0.2, 0.25) is 0 Å². The maximum Gasteiger partial charge on any atom is 0.488 e. The van der Waals surface area contributed by atoms with Gasteiger partial charge in [0.05, 0.1) is 11.3 Å². The molecule has 8 heteroatoms. The third-order valence-electron chi connectivity index (χ3n) is 2.38. The van der Waals surface area contributed by atoms with Crippen LogP contribution < -0.4 is 5.46 Å². The molecule has 2 N–H and O–H groups in total. The lowest BCUT2D eigenvalue weighted by atomic mass is 9.79. The zero-order chi connectivity index (χ0) is 13.3. The van der Waals surface area contributed by atoms with Crippen molar-refractivity contribution in [3.05, 3.63) is 42.2 Å². The van der Waals surface area contributed by atoms with E-state index in [4.69, 9.17) is 10.0 Å². The van der Waals surface area contributed by atoms with Gasteiger partial charge in [0.1, 0.15) is 0 Å². The van der Waals surface area contributed by atoms with Crippen molar-refractivity contribution < 1.29 is 23.2 Å². The Labute approximate surface area is 100 Å². The van der Waals surface area contributed by atoms with Crippen LogP contribution in [0.4, 0.5) is 13.2 Å². The molecule has 0 aliphatic rings. The van der Waals surface area contributed by atoms with Gasteiger partial charge in [-0.2, -0.15) is 18.3 Å². The van der Waals surface area contributed by atoms with Gasteiger partial charge in [0.2, 0.25) is 0 Å². The van der Waals surface area contributed by atoms with Crippen LogP contribution in [0.5, 0.6) is 0 Å². The Morgan fingerprint density at radius 3 is 2.44 bits per heavy atom. The van der Waals surface area contributed by atoms with Gasteiger partial charge in [-0.05, 0) is 23.7 Å².